The van der Waals surface area contributed by atoms with Gasteiger partial charge < -0.3 is 9.64 Å². The summed E-state index contributed by atoms with van der Waals surface area (Å²) in [6, 6.07) is 6.82. The molecule has 0 aliphatic carbocycles. The number of carbonyl (C=O) groups is 2. The van der Waals surface area contributed by atoms with E-state index in [1.54, 1.807) is 36.1 Å². The summed E-state index contributed by atoms with van der Waals surface area (Å²) in [4.78, 5) is 39.3. The maximum atomic E-state index is 12.7. The topological polar surface area (TPSA) is 81.5 Å². The second-order valence-electron chi connectivity index (χ2n) is 6.50. The van der Waals surface area contributed by atoms with Gasteiger partial charge in [0.1, 0.15) is 0 Å². The van der Waals surface area contributed by atoms with Gasteiger partial charge >= 0.3 is 5.97 Å². The van der Waals surface area contributed by atoms with Crippen LogP contribution in [0.3, 0.4) is 0 Å². The van der Waals surface area contributed by atoms with Crippen molar-refractivity contribution >= 4 is 22.6 Å². The number of aryl methyl sites for hydroxylation is 1. The number of benzene rings is 1. The van der Waals surface area contributed by atoms with Gasteiger partial charge in [0.05, 0.1) is 5.39 Å². The van der Waals surface area contributed by atoms with Crippen LogP contribution in [0.2, 0.25) is 0 Å². The molecule has 0 radical (unpaired) electrons. The van der Waals surface area contributed by atoms with Crippen molar-refractivity contribution in [2.45, 2.75) is 45.8 Å². The van der Waals surface area contributed by atoms with Gasteiger partial charge in [-0.25, -0.2) is 9.48 Å². The van der Waals surface area contributed by atoms with Crippen LogP contribution in [-0.2, 0) is 16.1 Å². The SMILES string of the molecule is CCCn1nc(C(=O)O[C@@H](C)C(=O)N2CCCC2)c2ccccc2c1=O. The molecule has 0 bridgehead atoms. The molecule has 1 aliphatic rings. The number of amides is 1. The fourth-order valence-corrected chi connectivity index (χ4v) is 3.21. The molecule has 1 saturated heterocycles. The van der Waals surface area contributed by atoms with Crippen LogP contribution in [0.25, 0.3) is 10.8 Å². The molecule has 138 valence electrons. The molecule has 1 aromatic heterocycles. The van der Waals surface area contributed by atoms with Crippen LogP contribution in [0.1, 0.15) is 43.6 Å². The number of rotatable bonds is 5. The first-order valence-electron chi connectivity index (χ1n) is 9.02. The molecule has 7 nitrogen and oxygen atoms in total. The first-order valence-corrected chi connectivity index (χ1v) is 9.02. The maximum absolute atomic E-state index is 12.7. The van der Waals surface area contributed by atoms with E-state index in [0.717, 1.165) is 12.8 Å². The molecule has 2 aromatic rings. The number of nitrogens with zero attached hydrogens (tertiary/aromatic N) is 3. The van der Waals surface area contributed by atoms with Crippen LogP contribution in [-0.4, -0.2) is 45.8 Å². The van der Waals surface area contributed by atoms with Gasteiger partial charge in [-0.15, -0.1) is 0 Å². The maximum Gasteiger partial charge on any atom is 0.360 e. The Hall–Kier alpha value is -2.70. The van der Waals surface area contributed by atoms with E-state index in [-0.39, 0.29) is 17.2 Å². The minimum Gasteiger partial charge on any atom is -0.448 e. The molecule has 0 N–H and O–H groups in total. The zero-order chi connectivity index (χ0) is 18.7. The molecule has 3 rings (SSSR count). The van der Waals surface area contributed by atoms with Gasteiger partial charge in [-0.05, 0) is 32.3 Å². The van der Waals surface area contributed by atoms with E-state index < -0.39 is 12.1 Å². The van der Waals surface area contributed by atoms with Gasteiger partial charge in [0, 0.05) is 25.0 Å². The summed E-state index contributed by atoms with van der Waals surface area (Å²) < 4.78 is 6.67. The lowest BCUT2D eigenvalue weighted by Crippen LogP contribution is -2.38. The second-order valence-corrected chi connectivity index (χ2v) is 6.50. The fourth-order valence-electron chi connectivity index (χ4n) is 3.21. The Morgan fingerprint density at radius 3 is 2.50 bits per heavy atom. The molecule has 26 heavy (non-hydrogen) atoms. The third-order valence-electron chi connectivity index (χ3n) is 4.55. The summed E-state index contributed by atoms with van der Waals surface area (Å²) >= 11 is 0. The summed E-state index contributed by atoms with van der Waals surface area (Å²) in [5.41, 5.74) is -0.171. The molecular weight excluding hydrogens is 334 g/mol. The van der Waals surface area contributed by atoms with E-state index in [1.807, 2.05) is 6.92 Å². The molecule has 1 aliphatic heterocycles. The van der Waals surface area contributed by atoms with Crippen molar-refractivity contribution in [3.05, 3.63) is 40.3 Å². The van der Waals surface area contributed by atoms with Gasteiger partial charge in [0.25, 0.3) is 11.5 Å². The van der Waals surface area contributed by atoms with Crippen molar-refractivity contribution in [1.82, 2.24) is 14.7 Å². The number of hydrogen-bond donors (Lipinski definition) is 0. The van der Waals surface area contributed by atoms with Gasteiger partial charge in [-0.3, -0.25) is 9.59 Å². The Balaban J connectivity index is 1.91. The second kappa shape index (κ2) is 7.68. The smallest absolute Gasteiger partial charge is 0.360 e. The van der Waals surface area contributed by atoms with Crippen LogP contribution in [0.4, 0.5) is 0 Å². The highest BCUT2D eigenvalue weighted by atomic mass is 16.5. The lowest BCUT2D eigenvalue weighted by Gasteiger charge is -2.20. The van der Waals surface area contributed by atoms with Gasteiger partial charge in [0.15, 0.2) is 11.8 Å². The zero-order valence-corrected chi connectivity index (χ0v) is 15.1. The summed E-state index contributed by atoms with van der Waals surface area (Å²) in [5, 5.41) is 5.06. The van der Waals surface area contributed by atoms with E-state index in [9.17, 15) is 14.4 Å². The van der Waals surface area contributed by atoms with Gasteiger partial charge in [-0.2, -0.15) is 5.10 Å². The number of esters is 1. The van der Waals surface area contributed by atoms with Gasteiger partial charge in [0.2, 0.25) is 0 Å². The Kier molecular flexibility index (Phi) is 5.35. The summed E-state index contributed by atoms with van der Waals surface area (Å²) in [5.74, 6) is -0.881. The highest BCUT2D eigenvalue weighted by molar-refractivity contribution is 6.02. The summed E-state index contributed by atoms with van der Waals surface area (Å²) in [6.07, 6.45) is 1.78. The van der Waals surface area contributed by atoms with Crippen molar-refractivity contribution in [2.24, 2.45) is 0 Å². The van der Waals surface area contributed by atoms with E-state index in [4.69, 9.17) is 4.74 Å². The van der Waals surface area contributed by atoms with Crippen LogP contribution >= 0.6 is 0 Å². The third-order valence-corrected chi connectivity index (χ3v) is 4.55. The number of fused-ring (bicyclic) bond motifs is 1. The van der Waals surface area contributed by atoms with E-state index in [2.05, 4.69) is 5.10 Å². The molecule has 2 heterocycles. The Morgan fingerprint density at radius 2 is 1.85 bits per heavy atom. The third kappa shape index (κ3) is 3.47. The van der Waals surface area contributed by atoms with Crippen molar-refractivity contribution < 1.29 is 14.3 Å². The van der Waals surface area contributed by atoms with Gasteiger partial charge in [-0.1, -0.05) is 25.1 Å². The molecule has 1 amide bonds. The largest absolute Gasteiger partial charge is 0.448 e. The first kappa shape index (κ1) is 18.1. The van der Waals surface area contributed by atoms with Crippen LogP contribution in [0.5, 0.6) is 0 Å². The monoisotopic (exact) mass is 357 g/mol. The predicted octanol–water partition coefficient (Wildman–Crippen LogP) is 1.97. The molecule has 7 heteroatoms. The van der Waals surface area contributed by atoms with Crippen molar-refractivity contribution in [1.29, 1.82) is 0 Å². The Morgan fingerprint density at radius 1 is 1.19 bits per heavy atom. The van der Waals surface area contributed by atoms with Crippen molar-refractivity contribution in [3.8, 4) is 0 Å². The number of carbonyl (C=O) groups excluding carboxylic acids is 2. The molecule has 0 saturated carbocycles. The van der Waals surface area contributed by atoms with E-state index >= 15 is 0 Å². The van der Waals surface area contributed by atoms with Crippen molar-refractivity contribution in [3.63, 3.8) is 0 Å². The molecule has 0 unspecified atom stereocenters. The number of aromatic nitrogens is 2. The highest BCUT2D eigenvalue weighted by Crippen LogP contribution is 2.16. The highest BCUT2D eigenvalue weighted by Gasteiger charge is 2.27. The minimum absolute atomic E-state index is 0.0646. The minimum atomic E-state index is -0.882. The summed E-state index contributed by atoms with van der Waals surface area (Å²) in [6.45, 7) is 5.31. The van der Waals surface area contributed by atoms with Crippen LogP contribution in [0, 0.1) is 0 Å². The molecule has 1 aromatic carbocycles. The lowest BCUT2D eigenvalue weighted by molar-refractivity contribution is -0.138. The number of likely N-dealkylation sites (tertiary alicyclic amines) is 1. The van der Waals surface area contributed by atoms with Crippen LogP contribution in [0.15, 0.2) is 29.1 Å². The lowest BCUT2D eigenvalue weighted by atomic mass is 10.1. The quantitative estimate of drug-likeness (QED) is 0.764. The van der Waals surface area contributed by atoms with Crippen LogP contribution < -0.4 is 5.56 Å². The Labute approximate surface area is 151 Å². The molecule has 0 spiro atoms. The van der Waals surface area contributed by atoms with E-state index in [0.29, 0.717) is 36.8 Å². The summed E-state index contributed by atoms with van der Waals surface area (Å²) in [7, 11) is 0. The number of ether oxygens (including phenoxy) is 1. The molecular formula is C19H23N3O4. The Bertz CT molecular complexity index is 884. The fraction of sp³-hybridized carbons (Fsp3) is 0.474. The predicted molar refractivity (Wildman–Crippen MR) is 97.0 cm³/mol. The number of hydrogen-bond acceptors (Lipinski definition) is 5. The average Bonchev–Trinajstić information content (AvgIpc) is 3.18. The van der Waals surface area contributed by atoms with E-state index in [1.165, 1.54) is 4.68 Å². The molecule has 1 atom stereocenters. The zero-order valence-electron chi connectivity index (χ0n) is 15.1. The first-order chi connectivity index (χ1) is 12.5. The molecule has 1 fully saturated rings. The normalized spacial score (nSPS) is 15.2. The van der Waals surface area contributed by atoms with Crippen molar-refractivity contribution in [2.75, 3.05) is 13.1 Å². The average molecular weight is 357 g/mol. The standard InChI is InChI=1S/C19H23N3O4/c1-3-10-22-18(24)15-9-5-4-8-14(15)16(20-22)19(25)26-13(2)17(23)21-11-6-7-12-21/h4-5,8-9,13H,3,6-7,10-12H2,1-2H3/t13-/m0/s1.